The predicted molar refractivity (Wildman–Crippen MR) is 67.9 cm³/mol. The third kappa shape index (κ3) is 4.14. The summed E-state index contributed by atoms with van der Waals surface area (Å²) in [5, 5.41) is 0. The summed E-state index contributed by atoms with van der Waals surface area (Å²) in [6.45, 7) is 4.62. The van der Waals surface area contributed by atoms with Crippen LogP contribution in [0.4, 0.5) is 0 Å². The number of nitrogens with two attached hydrogens (primary N) is 1. The van der Waals surface area contributed by atoms with Gasteiger partial charge in [0.15, 0.2) is 0 Å². The first kappa shape index (κ1) is 13.0. The molecule has 1 aliphatic rings. The molecule has 0 aromatic carbocycles. The largest absolute Gasteiger partial charge is 0.328 e. The first-order valence-electron chi connectivity index (χ1n) is 6.98. The van der Waals surface area contributed by atoms with E-state index < -0.39 is 0 Å². The van der Waals surface area contributed by atoms with Gasteiger partial charge in [0.1, 0.15) is 0 Å². The molecule has 0 saturated heterocycles. The highest BCUT2D eigenvalue weighted by Gasteiger charge is 2.32. The predicted octanol–water partition coefficient (Wildman–Crippen LogP) is 4.25. The van der Waals surface area contributed by atoms with Crippen LogP contribution < -0.4 is 5.73 Å². The second-order valence-corrected chi connectivity index (χ2v) is 5.54. The summed E-state index contributed by atoms with van der Waals surface area (Å²) in [6.07, 6.45) is 13.8. The van der Waals surface area contributed by atoms with Crippen LogP contribution in [0.25, 0.3) is 0 Å². The molecule has 1 saturated carbocycles. The summed E-state index contributed by atoms with van der Waals surface area (Å²) in [6, 6.07) is 0.501. The second-order valence-electron chi connectivity index (χ2n) is 5.54. The smallest absolute Gasteiger partial charge is 0.00392 e. The zero-order valence-electron chi connectivity index (χ0n) is 10.7. The zero-order valence-corrected chi connectivity index (χ0v) is 10.7. The van der Waals surface area contributed by atoms with E-state index in [1.807, 2.05) is 0 Å². The lowest BCUT2D eigenvalue weighted by molar-refractivity contribution is 0.138. The molecule has 0 radical (unpaired) electrons. The fourth-order valence-electron chi connectivity index (χ4n) is 2.98. The maximum Gasteiger partial charge on any atom is 0.00392 e. The summed E-state index contributed by atoms with van der Waals surface area (Å²) in [5.74, 6) is 0. The minimum absolute atomic E-state index is 0.501. The van der Waals surface area contributed by atoms with Gasteiger partial charge < -0.3 is 5.73 Å². The van der Waals surface area contributed by atoms with Crippen LogP contribution in [-0.4, -0.2) is 6.04 Å². The van der Waals surface area contributed by atoms with E-state index in [1.165, 1.54) is 64.2 Å². The highest BCUT2D eigenvalue weighted by Crippen LogP contribution is 2.44. The minimum Gasteiger partial charge on any atom is -0.328 e. The van der Waals surface area contributed by atoms with Gasteiger partial charge in [-0.1, -0.05) is 39.5 Å². The van der Waals surface area contributed by atoms with Gasteiger partial charge in [0.2, 0.25) is 0 Å². The van der Waals surface area contributed by atoms with Crippen molar-refractivity contribution in [3.05, 3.63) is 0 Å². The van der Waals surface area contributed by atoms with Crippen LogP contribution in [-0.2, 0) is 0 Å². The van der Waals surface area contributed by atoms with E-state index in [0.29, 0.717) is 11.5 Å². The molecule has 0 bridgehead atoms. The van der Waals surface area contributed by atoms with Gasteiger partial charge in [0.05, 0.1) is 0 Å². The average molecular weight is 211 g/mol. The quantitative estimate of drug-likeness (QED) is 0.698. The highest BCUT2D eigenvalue weighted by atomic mass is 14.6. The van der Waals surface area contributed by atoms with E-state index in [9.17, 15) is 0 Å². The Bertz CT molecular complexity index is 139. The number of hydrogen-bond donors (Lipinski definition) is 1. The molecule has 1 nitrogen and oxygen atoms in total. The van der Waals surface area contributed by atoms with Crippen LogP contribution in [0, 0.1) is 5.41 Å². The van der Waals surface area contributed by atoms with Gasteiger partial charge in [0.25, 0.3) is 0 Å². The Morgan fingerprint density at radius 3 is 1.87 bits per heavy atom. The van der Waals surface area contributed by atoms with Crippen molar-refractivity contribution in [1.82, 2.24) is 0 Å². The van der Waals surface area contributed by atoms with E-state index in [4.69, 9.17) is 5.73 Å². The van der Waals surface area contributed by atoms with E-state index in [1.54, 1.807) is 0 Å². The average Bonchev–Trinajstić information content (AvgIpc) is 2.27. The monoisotopic (exact) mass is 211 g/mol. The molecule has 1 fully saturated rings. The molecule has 1 aliphatic carbocycles. The first-order chi connectivity index (χ1) is 7.22. The summed E-state index contributed by atoms with van der Waals surface area (Å²) >= 11 is 0. The number of hydrogen-bond acceptors (Lipinski definition) is 1. The molecule has 1 rings (SSSR count). The first-order valence-corrected chi connectivity index (χ1v) is 6.98. The number of rotatable bonds is 6. The molecule has 1 heteroatoms. The van der Waals surface area contributed by atoms with Crippen LogP contribution in [0.2, 0.25) is 0 Å². The Balaban J connectivity index is 2.44. The van der Waals surface area contributed by atoms with E-state index in [-0.39, 0.29) is 0 Å². The Kier molecular flexibility index (Phi) is 5.66. The van der Waals surface area contributed by atoms with Gasteiger partial charge in [0, 0.05) is 6.04 Å². The summed E-state index contributed by atoms with van der Waals surface area (Å²) in [5.41, 5.74) is 6.70. The highest BCUT2D eigenvalue weighted by molar-refractivity contribution is 4.86. The molecule has 0 amide bonds. The Morgan fingerprint density at radius 2 is 1.47 bits per heavy atom. The van der Waals surface area contributed by atoms with E-state index in [2.05, 4.69) is 13.8 Å². The third-order valence-electron chi connectivity index (χ3n) is 4.21. The molecule has 0 atom stereocenters. The maximum atomic E-state index is 6.01. The molecule has 0 heterocycles. The number of unbranched alkanes of at least 4 members (excludes halogenated alkanes) is 2. The fraction of sp³-hybridized carbons (Fsp3) is 1.00. The van der Waals surface area contributed by atoms with Crippen LogP contribution in [0.1, 0.15) is 78.1 Å². The third-order valence-corrected chi connectivity index (χ3v) is 4.21. The van der Waals surface area contributed by atoms with Crippen molar-refractivity contribution in [3.63, 3.8) is 0 Å². The van der Waals surface area contributed by atoms with Crippen molar-refractivity contribution >= 4 is 0 Å². The molecule has 90 valence electrons. The van der Waals surface area contributed by atoms with Gasteiger partial charge in [-0.25, -0.2) is 0 Å². The fourth-order valence-corrected chi connectivity index (χ4v) is 2.98. The molecule has 0 aromatic rings. The Hall–Kier alpha value is -0.0400. The SMILES string of the molecule is CCCCC1(CCCC)CCC(N)CC1. The van der Waals surface area contributed by atoms with Crippen molar-refractivity contribution < 1.29 is 0 Å². The van der Waals surface area contributed by atoms with E-state index in [0.717, 1.165) is 0 Å². The van der Waals surface area contributed by atoms with Crippen molar-refractivity contribution in [2.24, 2.45) is 11.1 Å². The lowest BCUT2D eigenvalue weighted by atomic mass is 9.67. The van der Waals surface area contributed by atoms with Crippen molar-refractivity contribution in [1.29, 1.82) is 0 Å². The molecular weight excluding hydrogens is 182 g/mol. The standard InChI is InChI=1S/C14H29N/c1-3-5-9-14(10-6-4-2)11-7-13(15)8-12-14/h13H,3-12,15H2,1-2H3. The summed E-state index contributed by atoms with van der Waals surface area (Å²) in [7, 11) is 0. The van der Waals surface area contributed by atoms with Gasteiger partial charge in [-0.15, -0.1) is 0 Å². The van der Waals surface area contributed by atoms with Crippen LogP contribution in [0.15, 0.2) is 0 Å². The van der Waals surface area contributed by atoms with Crippen LogP contribution in [0.5, 0.6) is 0 Å². The second kappa shape index (κ2) is 6.52. The molecule has 0 spiro atoms. The lowest BCUT2D eigenvalue weighted by Gasteiger charge is -2.40. The van der Waals surface area contributed by atoms with Crippen LogP contribution in [0.3, 0.4) is 0 Å². The Labute approximate surface area is 95.8 Å². The Morgan fingerprint density at radius 1 is 1.00 bits per heavy atom. The lowest BCUT2D eigenvalue weighted by Crippen LogP contribution is -2.34. The molecule has 15 heavy (non-hydrogen) atoms. The van der Waals surface area contributed by atoms with Gasteiger partial charge >= 0.3 is 0 Å². The molecule has 0 unspecified atom stereocenters. The molecule has 0 aromatic heterocycles. The zero-order chi connectivity index (χ0) is 11.1. The molecule has 0 aliphatic heterocycles. The molecular formula is C14H29N. The van der Waals surface area contributed by atoms with Gasteiger partial charge in [-0.2, -0.15) is 0 Å². The molecule has 2 N–H and O–H groups in total. The topological polar surface area (TPSA) is 26.0 Å². The summed E-state index contributed by atoms with van der Waals surface area (Å²) < 4.78 is 0. The maximum absolute atomic E-state index is 6.01. The summed E-state index contributed by atoms with van der Waals surface area (Å²) in [4.78, 5) is 0. The normalized spacial score (nSPS) is 21.8. The van der Waals surface area contributed by atoms with Gasteiger partial charge in [-0.05, 0) is 43.9 Å². The van der Waals surface area contributed by atoms with Crippen LogP contribution >= 0.6 is 0 Å². The van der Waals surface area contributed by atoms with Crippen molar-refractivity contribution in [3.8, 4) is 0 Å². The van der Waals surface area contributed by atoms with Crippen molar-refractivity contribution in [2.45, 2.75) is 84.1 Å². The minimum atomic E-state index is 0.501. The van der Waals surface area contributed by atoms with Gasteiger partial charge in [-0.3, -0.25) is 0 Å². The van der Waals surface area contributed by atoms with Crippen molar-refractivity contribution in [2.75, 3.05) is 0 Å². The van der Waals surface area contributed by atoms with E-state index >= 15 is 0 Å².